The number of nitrogens with zero attached hydrogens (tertiary/aromatic N) is 2. The molecule has 0 aliphatic carbocycles. The first-order chi connectivity index (χ1) is 6.71. The van der Waals surface area contributed by atoms with Gasteiger partial charge in [0.15, 0.2) is 5.03 Å². The van der Waals surface area contributed by atoms with E-state index in [1.807, 2.05) is 0 Å². The first kappa shape index (κ1) is 9.63. The maximum absolute atomic E-state index is 11.8. The third kappa shape index (κ3) is 1.66. The number of aromatic nitrogens is 2. The summed E-state index contributed by atoms with van der Waals surface area (Å²) in [6.07, 6.45) is 1.42. The fourth-order valence-electron chi connectivity index (χ4n) is 1.31. The topological polar surface area (TPSA) is 75.3 Å². The number of ether oxygens (including phenoxy) is 1. The average Bonchev–Trinajstić information content (AvgIpc) is 2.72. The Labute approximate surface area is 81.9 Å². The summed E-state index contributed by atoms with van der Waals surface area (Å²) in [5.74, 6) is 0. The first-order valence-corrected chi connectivity index (χ1v) is 5.72. The van der Waals surface area contributed by atoms with Crippen LogP contribution in [0, 0.1) is 0 Å². The van der Waals surface area contributed by atoms with Crippen molar-refractivity contribution in [3.05, 3.63) is 12.3 Å². The van der Waals surface area contributed by atoms with Gasteiger partial charge in [0.1, 0.15) is 0 Å². The standard InChI is InChI=1S/C7H11N3O3S/c11-14(12,7-1-2-8-9-7)10-3-5-13-6-4-10/h1-2H,3-6H2,(H,8,9). The van der Waals surface area contributed by atoms with E-state index in [1.54, 1.807) is 0 Å². The number of H-pyrrole nitrogens is 1. The van der Waals surface area contributed by atoms with Crippen LogP contribution in [-0.4, -0.2) is 49.2 Å². The molecule has 2 heterocycles. The van der Waals surface area contributed by atoms with E-state index >= 15 is 0 Å². The van der Waals surface area contributed by atoms with Crippen LogP contribution < -0.4 is 0 Å². The molecule has 14 heavy (non-hydrogen) atoms. The number of nitrogens with one attached hydrogen (secondary N) is 1. The molecule has 0 saturated carbocycles. The summed E-state index contributed by atoms with van der Waals surface area (Å²) in [6.45, 7) is 1.71. The monoisotopic (exact) mass is 217 g/mol. The highest BCUT2D eigenvalue weighted by molar-refractivity contribution is 7.89. The van der Waals surface area contributed by atoms with Gasteiger partial charge < -0.3 is 4.74 Å². The predicted molar refractivity (Wildman–Crippen MR) is 48.2 cm³/mol. The van der Waals surface area contributed by atoms with Crippen LogP contribution in [0.5, 0.6) is 0 Å². The second-order valence-corrected chi connectivity index (χ2v) is 4.84. The quantitative estimate of drug-likeness (QED) is 0.720. The van der Waals surface area contributed by atoms with E-state index < -0.39 is 10.0 Å². The molecular weight excluding hydrogens is 206 g/mol. The highest BCUT2D eigenvalue weighted by Gasteiger charge is 2.26. The molecule has 0 unspecified atom stereocenters. The molecule has 1 saturated heterocycles. The van der Waals surface area contributed by atoms with Crippen molar-refractivity contribution in [1.29, 1.82) is 0 Å². The van der Waals surface area contributed by atoms with Crippen LogP contribution in [-0.2, 0) is 14.8 Å². The molecular formula is C7H11N3O3S. The Balaban J connectivity index is 2.23. The number of hydrogen-bond acceptors (Lipinski definition) is 4. The van der Waals surface area contributed by atoms with Gasteiger partial charge in [-0.2, -0.15) is 9.40 Å². The van der Waals surface area contributed by atoms with E-state index in [1.165, 1.54) is 16.6 Å². The largest absolute Gasteiger partial charge is 0.379 e. The lowest BCUT2D eigenvalue weighted by molar-refractivity contribution is 0.0729. The molecule has 0 atom stereocenters. The summed E-state index contributed by atoms with van der Waals surface area (Å²) >= 11 is 0. The van der Waals surface area contributed by atoms with E-state index in [0.717, 1.165) is 0 Å². The zero-order valence-electron chi connectivity index (χ0n) is 7.51. The van der Waals surface area contributed by atoms with Crippen LogP contribution in [0.2, 0.25) is 0 Å². The molecule has 0 radical (unpaired) electrons. The van der Waals surface area contributed by atoms with Gasteiger partial charge in [-0.05, 0) is 6.07 Å². The van der Waals surface area contributed by atoms with Gasteiger partial charge in [-0.1, -0.05) is 0 Å². The van der Waals surface area contributed by atoms with Crippen molar-refractivity contribution in [2.45, 2.75) is 5.03 Å². The van der Waals surface area contributed by atoms with Gasteiger partial charge in [-0.3, -0.25) is 5.10 Å². The second-order valence-electron chi connectivity index (χ2n) is 2.94. The molecule has 1 aromatic rings. The molecule has 7 heteroatoms. The van der Waals surface area contributed by atoms with Gasteiger partial charge in [0.25, 0.3) is 10.0 Å². The van der Waals surface area contributed by atoms with Gasteiger partial charge in [0.2, 0.25) is 0 Å². The normalized spacial score (nSPS) is 19.7. The fraction of sp³-hybridized carbons (Fsp3) is 0.571. The summed E-state index contributed by atoms with van der Waals surface area (Å²) < 4.78 is 30.2. The smallest absolute Gasteiger partial charge is 0.260 e. The molecule has 1 aromatic heterocycles. The number of rotatable bonds is 2. The number of sulfonamides is 1. The van der Waals surface area contributed by atoms with Crippen molar-refractivity contribution < 1.29 is 13.2 Å². The summed E-state index contributed by atoms with van der Waals surface area (Å²) in [5.41, 5.74) is 0. The zero-order valence-corrected chi connectivity index (χ0v) is 8.33. The molecule has 1 aliphatic rings. The SMILES string of the molecule is O=S(=O)(c1ccn[nH]1)N1CCOCC1. The fourth-order valence-corrected chi connectivity index (χ4v) is 2.62. The van der Waals surface area contributed by atoms with Crippen LogP contribution in [0.1, 0.15) is 0 Å². The Morgan fingerprint density at radius 3 is 2.71 bits per heavy atom. The van der Waals surface area contributed by atoms with E-state index in [0.29, 0.717) is 26.3 Å². The minimum absolute atomic E-state index is 0.138. The molecule has 78 valence electrons. The molecule has 0 bridgehead atoms. The lowest BCUT2D eigenvalue weighted by Gasteiger charge is -2.25. The van der Waals surface area contributed by atoms with Crippen molar-refractivity contribution in [2.75, 3.05) is 26.3 Å². The maximum Gasteiger partial charge on any atom is 0.260 e. The van der Waals surface area contributed by atoms with Crippen LogP contribution in [0.25, 0.3) is 0 Å². The molecule has 0 amide bonds. The molecule has 0 spiro atoms. The summed E-state index contributed by atoms with van der Waals surface area (Å²) in [5, 5.41) is 6.21. The third-order valence-electron chi connectivity index (χ3n) is 2.06. The third-order valence-corrected chi connectivity index (χ3v) is 3.89. The van der Waals surface area contributed by atoms with Gasteiger partial charge in [-0.15, -0.1) is 0 Å². The van der Waals surface area contributed by atoms with Gasteiger partial charge in [0.05, 0.1) is 19.4 Å². The lowest BCUT2D eigenvalue weighted by Crippen LogP contribution is -2.40. The Morgan fingerprint density at radius 1 is 1.43 bits per heavy atom. The van der Waals surface area contributed by atoms with Crippen molar-refractivity contribution in [3.63, 3.8) is 0 Å². The Morgan fingerprint density at radius 2 is 2.14 bits per heavy atom. The van der Waals surface area contributed by atoms with E-state index in [4.69, 9.17) is 4.74 Å². The summed E-state index contributed by atoms with van der Waals surface area (Å²) in [4.78, 5) is 0. The molecule has 2 rings (SSSR count). The van der Waals surface area contributed by atoms with Crippen molar-refractivity contribution in [2.24, 2.45) is 0 Å². The van der Waals surface area contributed by atoms with Crippen LogP contribution in [0.15, 0.2) is 17.3 Å². The number of hydrogen-bond donors (Lipinski definition) is 1. The van der Waals surface area contributed by atoms with Crippen molar-refractivity contribution in [1.82, 2.24) is 14.5 Å². The van der Waals surface area contributed by atoms with Crippen molar-refractivity contribution >= 4 is 10.0 Å². The highest BCUT2D eigenvalue weighted by atomic mass is 32.2. The highest BCUT2D eigenvalue weighted by Crippen LogP contribution is 2.13. The van der Waals surface area contributed by atoms with E-state index in [2.05, 4.69) is 10.2 Å². The Kier molecular flexibility index (Phi) is 2.53. The first-order valence-electron chi connectivity index (χ1n) is 4.28. The van der Waals surface area contributed by atoms with Gasteiger partial charge in [-0.25, -0.2) is 8.42 Å². The molecule has 0 aromatic carbocycles. The minimum Gasteiger partial charge on any atom is -0.379 e. The number of aromatic amines is 1. The Bertz CT molecular complexity index is 380. The second kappa shape index (κ2) is 3.68. The van der Waals surface area contributed by atoms with Gasteiger partial charge >= 0.3 is 0 Å². The maximum atomic E-state index is 11.8. The molecule has 1 N–H and O–H groups in total. The minimum atomic E-state index is -3.38. The molecule has 1 aliphatic heterocycles. The van der Waals surface area contributed by atoms with Gasteiger partial charge in [0, 0.05) is 13.1 Å². The lowest BCUT2D eigenvalue weighted by atomic mass is 10.5. The number of morpholine rings is 1. The molecule has 6 nitrogen and oxygen atoms in total. The molecule has 1 fully saturated rings. The van der Waals surface area contributed by atoms with Crippen molar-refractivity contribution in [3.8, 4) is 0 Å². The van der Waals surface area contributed by atoms with Crippen LogP contribution in [0.3, 0.4) is 0 Å². The van der Waals surface area contributed by atoms with Crippen LogP contribution >= 0.6 is 0 Å². The summed E-state index contributed by atoms with van der Waals surface area (Å²) in [6, 6.07) is 1.45. The zero-order chi connectivity index (χ0) is 10.0. The average molecular weight is 217 g/mol. The Hall–Kier alpha value is -0.920. The predicted octanol–water partition coefficient (Wildman–Crippen LogP) is -0.569. The summed E-state index contributed by atoms with van der Waals surface area (Å²) in [7, 11) is -3.38. The van der Waals surface area contributed by atoms with E-state index in [9.17, 15) is 8.42 Å². The van der Waals surface area contributed by atoms with E-state index in [-0.39, 0.29) is 5.03 Å². The van der Waals surface area contributed by atoms with Crippen LogP contribution in [0.4, 0.5) is 0 Å².